The molecule has 0 aromatic carbocycles. The van der Waals surface area contributed by atoms with Crippen molar-refractivity contribution in [2.24, 2.45) is 0 Å². The Morgan fingerprint density at radius 1 is 1.56 bits per heavy atom. The Morgan fingerprint density at radius 2 is 2.22 bits per heavy atom. The molecule has 0 fully saturated rings. The van der Waals surface area contributed by atoms with Gasteiger partial charge in [0.15, 0.2) is 0 Å². The summed E-state index contributed by atoms with van der Waals surface area (Å²) >= 11 is 0. The molecule has 1 atom stereocenters. The maximum atomic E-state index is 8.92. The van der Waals surface area contributed by atoms with Gasteiger partial charge in [-0.15, -0.1) is 6.58 Å². The van der Waals surface area contributed by atoms with Gasteiger partial charge in [0.2, 0.25) is 0 Å². The average molecular weight is 126 g/mol. The molecule has 1 N–H and O–H groups in total. The molecule has 0 aromatic rings. The molecule has 0 aliphatic heterocycles. The molecule has 1 heteroatoms. The maximum absolute atomic E-state index is 8.92. The molecule has 0 rings (SSSR count). The third kappa shape index (κ3) is 5.31. The third-order valence-electron chi connectivity index (χ3n) is 1.05. The van der Waals surface area contributed by atoms with Crippen molar-refractivity contribution in [1.29, 1.82) is 0 Å². The Labute approximate surface area is 56.7 Å². The first kappa shape index (κ1) is 8.44. The van der Waals surface area contributed by atoms with Gasteiger partial charge >= 0.3 is 0 Å². The van der Waals surface area contributed by atoms with Crippen LogP contribution in [0.15, 0.2) is 24.8 Å². The second kappa shape index (κ2) is 5.57. The molecule has 0 heterocycles. The van der Waals surface area contributed by atoms with Crippen molar-refractivity contribution in [3.05, 3.63) is 24.8 Å². The Bertz CT molecular complexity index is 94.7. The molecular formula is C8H14O. The summed E-state index contributed by atoms with van der Waals surface area (Å²) in [5.74, 6) is 0. The highest BCUT2D eigenvalue weighted by Gasteiger charge is 1.89. The number of aliphatic hydroxyl groups is 1. The van der Waals surface area contributed by atoms with E-state index in [4.69, 9.17) is 5.11 Å². The maximum Gasteiger partial charge on any atom is 0.0752 e. The second-order valence-corrected chi connectivity index (χ2v) is 1.92. The van der Waals surface area contributed by atoms with Crippen LogP contribution >= 0.6 is 0 Å². The summed E-state index contributed by atoms with van der Waals surface area (Å²) in [7, 11) is 0. The lowest BCUT2D eigenvalue weighted by Crippen LogP contribution is -1.97. The largest absolute Gasteiger partial charge is 0.389 e. The van der Waals surface area contributed by atoms with Crippen LogP contribution in [0.3, 0.4) is 0 Å². The van der Waals surface area contributed by atoms with E-state index in [1.165, 1.54) is 0 Å². The van der Waals surface area contributed by atoms with Gasteiger partial charge in [0.05, 0.1) is 6.10 Å². The van der Waals surface area contributed by atoms with Crippen LogP contribution in [0.2, 0.25) is 0 Å². The van der Waals surface area contributed by atoms with Gasteiger partial charge in [0.1, 0.15) is 0 Å². The van der Waals surface area contributed by atoms with Crippen molar-refractivity contribution in [3.63, 3.8) is 0 Å². The summed E-state index contributed by atoms with van der Waals surface area (Å²) < 4.78 is 0. The van der Waals surface area contributed by atoms with Crippen LogP contribution in [0, 0.1) is 0 Å². The molecule has 0 amide bonds. The number of hydrogen-bond acceptors (Lipinski definition) is 1. The van der Waals surface area contributed by atoms with Crippen LogP contribution in [0.5, 0.6) is 0 Å². The van der Waals surface area contributed by atoms with Gasteiger partial charge in [-0.1, -0.05) is 25.2 Å². The van der Waals surface area contributed by atoms with Crippen molar-refractivity contribution in [2.45, 2.75) is 25.9 Å². The summed E-state index contributed by atoms with van der Waals surface area (Å²) in [6.07, 6.45) is 6.90. The Kier molecular flexibility index (Phi) is 5.23. The number of aliphatic hydroxyl groups excluding tert-OH is 1. The number of rotatable bonds is 4. The van der Waals surface area contributed by atoms with E-state index < -0.39 is 0 Å². The molecule has 0 unspecified atom stereocenters. The van der Waals surface area contributed by atoms with Gasteiger partial charge in [0.25, 0.3) is 0 Å². The molecule has 0 aromatic heterocycles. The molecule has 0 bridgehead atoms. The molecule has 0 saturated carbocycles. The lowest BCUT2D eigenvalue weighted by atomic mass is 10.2. The zero-order valence-corrected chi connectivity index (χ0v) is 5.88. The smallest absolute Gasteiger partial charge is 0.0752 e. The first-order valence-electron chi connectivity index (χ1n) is 3.26. The van der Waals surface area contributed by atoms with E-state index in [0.717, 1.165) is 6.42 Å². The molecule has 9 heavy (non-hydrogen) atoms. The van der Waals surface area contributed by atoms with E-state index in [-0.39, 0.29) is 6.10 Å². The van der Waals surface area contributed by atoms with E-state index >= 15 is 0 Å². The van der Waals surface area contributed by atoms with Crippen molar-refractivity contribution in [2.75, 3.05) is 0 Å². The van der Waals surface area contributed by atoms with Crippen LogP contribution in [0.4, 0.5) is 0 Å². The Hall–Kier alpha value is -0.560. The van der Waals surface area contributed by atoms with Gasteiger partial charge in [-0.2, -0.15) is 0 Å². The van der Waals surface area contributed by atoms with Gasteiger partial charge in [-0.25, -0.2) is 0 Å². The summed E-state index contributed by atoms with van der Waals surface area (Å²) in [5, 5.41) is 8.92. The van der Waals surface area contributed by atoms with E-state index in [0.29, 0.717) is 6.42 Å². The van der Waals surface area contributed by atoms with Crippen LogP contribution in [-0.2, 0) is 0 Å². The van der Waals surface area contributed by atoms with E-state index in [2.05, 4.69) is 13.5 Å². The lowest BCUT2D eigenvalue weighted by molar-refractivity contribution is 0.227. The fourth-order valence-corrected chi connectivity index (χ4v) is 0.499. The van der Waals surface area contributed by atoms with E-state index in [9.17, 15) is 0 Å². The monoisotopic (exact) mass is 126 g/mol. The summed E-state index contributed by atoms with van der Waals surface area (Å²) in [6, 6.07) is 0. The zero-order valence-electron chi connectivity index (χ0n) is 5.88. The first-order chi connectivity index (χ1) is 4.31. The summed E-state index contributed by atoms with van der Waals surface area (Å²) in [4.78, 5) is 0. The first-order valence-corrected chi connectivity index (χ1v) is 3.26. The number of allylic oxidation sites excluding steroid dienone is 1. The highest BCUT2D eigenvalue weighted by molar-refractivity contribution is 4.89. The van der Waals surface area contributed by atoms with Gasteiger partial charge in [-0.05, 0) is 12.8 Å². The molecule has 1 nitrogen and oxygen atoms in total. The fraction of sp³-hybridized carbons (Fsp3) is 0.500. The number of hydrogen-bond donors (Lipinski definition) is 1. The molecule has 0 spiro atoms. The molecule has 0 radical (unpaired) electrons. The van der Waals surface area contributed by atoms with Crippen LogP contribution in [0.1, 0.15) is 19.8 Å². The zero-order chi connectivity index (χ0) is 7.11. The van der Waals surface area contributed by atoms with Gasteiger partial charge in [0, 0.05) is 0 Å². The fourth-order valence-electron chi connectivity index (χ4n) is 0.499. The predicted octanol–water partition coefficient (Wildman–Crippen LogP) is 1.89. The topological polar surface area (TPSA) is 20.2 Å². The SMILES string of the molecule is C=C[C@@H](O)C/C=C/CC. The van der Waals surface area contributed by atoms with Gasteiger partial charge < -0.3 is 5.11 Å². The molecular weight excluding hydrogens is 112 g/mol. The average Bonchev–Trinajstić information content (AvgIpc) is 1.89. The molecule has 0 aliphatic carbocycles. The highest BCUT2D eigenvalue weighted by atomic mass is 16.3. The van der Waals surface area contributed by atoms with Crippen molar-refractivity contribution >= 4 is 0 Å². The summed E-state index contributed by atoms with van der Waals surface area (Å²) in [5.41, 5.74) is 0. The van der Waals surface area contributed by atoms with Crippen LogP contribution < -0.4 is 0 Å². The molecule has 52 valence electrons. The molecule has 0 saturated heterocycles. The lowest BCUT2D eigenvalue weighted by Gasteiger charge is -1.96. The van der Waals surface area contributed by atoms with E-state index in [1.54, 1.807) is 6.08 Å². The van der Waals surface area contributed by atoms with Crippen molar-refractivity contribution in [3.8, 4) is 0 Å². The van der Waals surface area contributed by atoms with Crippen molar-refractivity contribution in [1.82, 2.24) is 0 Å². The minimum atomic E-state index is -0.368. The second-order valence-electron chi connectivity index (χ2n) is 1.92. The minimum absolute atomic E-state index is 0.368. The standard InChI is InChI=1S/C8H14O/c1-3-5-6-7-8(9)4-2/h4-6,8-9H,2-3,7H2,1H3/b6-5+/t8-/m1/s1. The van der Waals surface area contributed by atoms with Crippen LogP contribution in [-0.4, -0.2) is 11.2 Å². The minimum Gasteiger partial charge on any atom is -0.389 e. The summed E-state index contributed by atoms with van der Waals surface area (Å²) in [6.45, 7) is 5.52. The molecule has 0 aliphatic rings. The highest BCUT2D eigenvalue weighted by Crippen LogP contribution is 1.93. The normalized spacial score (nSPS) is 14.0. The van der Waals surface area contributed by atoms with E-state index in [1.807, 2.05) is 12.2 Å². The van der Waals surface area contributed by atoms with Gasteiger partial charge in [-0.3, -0.25) is 0 Å². The third-order valence-corrected chi connectivity index (χ3v) is 1.05. The predicted molar refractivity (Wildman–Crippen MR) is 40.3 cm³/mol. The Morgan fingerprint density at radius 3 is 2.67 bits per heavy atom. The van der Waals surface area contributed by atoms with Crippen molar-refractivity contribution < 1.29 is 5.11 Å². The van der Waals surface area contributed by atoms with Crippen LogP contribution in [0.25, 0.3) is 0 Å². The quantitative estimate of drug-likeness (QED) is 0.570. The Balaban J connectivity index is 3.25.